The lowest BCUT2D eigenvalue weighted by atomic mass is 10.0. The Hall–Kier alpha value is -1.69. The van der Waals surface area contributed by atoms with Crippen LogP contribution in [0.25, 0.3) is 0 Å². The van der Waals surface area contributed by atoms with Crippen LogP contribution >= 0.6 is 0 Å². The molecule has 88 valence electrons. The van der Waals surface area contributed by atoms with Crippen LogP contribution in [0.15, 0.2) is 12.1 Å². The van der Waals surface area contributed by atoms with Gasteiger partial charge in [-0.15, -0.1) is 0 Å². The molecule has 0 aliphatic rings. The van der Waals surface area contributed by atoms with Crippen LogP contribution in [0.4, 0.5) is 8.78 Å². The molecular formula is C10H11F2NO3. The summed E-state index contributed by atoms with van der Waals surface area (Å²) in [6, 6.07) is 0.462. The number of ether oxygens (including phenoxy) is 1. The molecule has 1 atom stereocenters. The average molecular weight is 231 g/mol. The summed E-state index contributed by atoms with van der Waals surface area (Å²) in [5, 5.41) is 9.29. The van der Waals surface area contributed by atoms with Crippen molar-refractivity contribution in [3.63, 3.8) is 0 Å². The first-order valence-corrected chi connectivity index (χ1v) is 4.46. The summed E-state index contributed by atoms with van der Waals surface area (Å²) in [6.45, 7) is 0. The molecule has 0 heterocycles. The Labute approximate surface area is 90.6 Å². The molecule has 0 spiro atoms. The fourth-order valence-electron chi connectivity index (χ4n) is 1.27. The highest BCUT2D eigenvalue weighted by Gasteiger charge is 2.21. The van der Waals surface area contributed by atoms with Crippen molar-refractivity contribution in [1.82, 2.24) is 0 Å². The monoisotopic (exact) mass is 231 g/mol. The topological polar surface area (TPSA) is 72.5 Å². The second-order valence-corrected chi connectivity index (χ2v) is 3.18. The van der Waals surface area contributed by atoms with Gasteiger partial charge in [-0.05, 0) is 12.1 Å². The molecule has 16 heavy (non-hydrogen) atoms. The van der Waals surface area contributed by atoms with Crippen LogP contribution in [-0.4, -0.2) is 18.2 Å². The number of phenolic OH excluding ortho intramolecular Hbond substituents is 1. The third-order valence-electron chi connectivity index (χ3n) is 2.10. The fraction of sp³-hybridized carbons (Fsp3) is 0.300. The number of methoxy groups -OCH3 is 1. The van der Waals surface area contributed by atoms with Crippen molar-refractivity contribution in [2.75, 3.05) is 7.11 Å². The molecular weight excluding hydrogens is 220 g/mol. The fourth-order valence-corrected chi connectivity index (χ4v) is 1.27. The Morgan fingerprint density at radius 1 is 1.50 bits per heavy atom. The highest BCUT2D eigenvalue weighted by Crippen LogP contribution is 2.30. The molecule has 0 unspecified atom stereocenters. The van der Waals surface area contributed by atoms with Crippen molar-refractivity contribution >= 4 is 5.97 Å². The predicted octanol–water partition coefficient (Wildman–Crippen LogP) is 1.23. The van der Waals surface area contributed by atoms with Crippen molar-refractivity contribution in [3.8, 4) is 5.75 Å². The first-order chi connectivity index (χ1) is 7.47. The maximum atomic E-state index is 13.3. The maximum Gasteiger partial charge on any atom is 0.307 e. The number of carbonyl (C=O) groups excluding carboxylic acids is 1. The lowest BCUT2D eigenvalue weighted by molar-refractivity contribution is -0.141. The van der Waals surface area contributed by atoms with Crippen LogP contribution in [0.1, 0.15) is 18.0 Å². The first kappa shape index (κ1) is 12.4. The quantitative estimate of drug-likeness (QED) is 0.767. The maximum absolute atomic E-state index is 13.3. The van der Waals surface area contributed by atoms with E-state index in [0.717, 1.165) is 19.2 Å². The normalized spacial score (nSPS) is 12.2. The summed E-state index contributed by atoms with van der Waals surface area (Å²) in [5.41, 5.74) is 5.05. The SMILES string of the molecule is COC(=O)C[C@H](N)c1c(F)ccc(F)c1O. The number of carbonyl (C=O) groups is 1. The number of hydrogen-bond acceptors (Lipinski definition) is 4. The number of esters is 1. The van der Waals surface area contributed by atoms with Crippen LogP contribution in [-0.2, 0) is 9.53 Å². The van der Waals surface area contributed by atoms with E-state index < -0.39 is 35.0 Å². The summed E-state index contributed by atoms with van der Waals surface area (Å²) in [4.78, 5) is 10.9. The second kappa shape index (κ2) is 4.89. The minimum Gasteiger partial charge on any atom is -0.505 e. The zero-order valence-electron chi connectivity index (χ0n) is 8.54. The molecule has 0 saturated carbocycles. The second-order valence-electron chi connectivity index (χ2n) is 3.18. The van der Waals surface area contributed by atoms with Crippen molar-refractivity contribution in [3.05, 3.63) is 29.3 Å². The van der Waals surface area contributed by atoms with Gasteiger partial charge in [-0.1, -0.05) is 0 Å². The van der Waals surface area contributed by atoms with Crippen LogP contribution < -0.4 is 5.73 Å². The van der Waals surface area contributed by atoms with Gasteiger partial charge in [-0.25, -0.2) is 8.78 Å². The van der Waals surface area contributed by atoms with E-state index in [1.807, 2.05) is 0 Å². The summed E-state index contributed by atoms with van der Waals surface area (Å²) in [6.07, 6.45) is -0.343. The highest BCUT2D eigenvalue weighted by atomic mass is 19.1. The van der Waals surface area contributed by atoms with E-state index in [1.165, 1.54) is 0 Å². The minimum atomic E-state index is -1.15. The Balaban J connectivity index is 3.03. The number of hydrogen-bond donors (Lipinski definition) is 2. The Kier molecular flexibility index (Phi) is 3.78. The number of nitrogens with two attached hydrogens (primary N) is 1. The Morgan fingerprint density at radius 2 is 2.06 bits per heavy atom. The van der Waals surface area contributed by atoms with Gasteiger partial charge >= 0.3 is 5.97 Å². The molecule has 6 heteroatoms. The van der Waals surface area contributed by atoms with Gasteiger partial charge in [0.15, 0.2) is 11.6 Å². The van der Waals surface area contributed by atoms with E-state index in [4.69, 9.17) is 5.73 Å². The van der Waals surface area contributed by atoms with Crippen molar-refractivity contribution in [2.45, 2.75) is 12.5 Å². The predicted molar refractivity (Wildman–Crippen MR) is 51.6 cm³/mol. The van der Waals surface area contributed by atoms with E-state index in [9.17, 15) is 18.7 Å². The highest BCUT2D eigenvalue weighted by molar-refractivity contribution is 5.70. The summed E-state index contributed by atoms with van der Waals surface area (Å²) in [5.74, 6) is -3.40. The van der Waals surface area contributed by atoms with Gasteiger partial charge in [0.1, 0.15) is 5.82 Å². The molecule has 0 amide bonds. The van der Waals surface area contributed by atoms with E-state index in [2.05, 4.69) is 4.74 Å². The summed E-state index contributed by atoms with van der Waals surface area (Å²) in [7, 11) is 1.15. The molecule has 0 fully saturated rings. The number of halogens is 2. The number of benzene rings is 1. The van der Waals surface area contributed by atoms with E-state index in [0.29, 0.717) is 0 Å². The molecule has 0 bridgehead atoms. The Morgan fingerprint density at radius 3 is 2.62 bits per heavy atom. The third kappa shape index (κ3) is 2.46. The smallest absolute Gasteiger partial charge is 0.307 e. The van der Waals surface area contributed by atoms with Crippen molar-refractivity contribution < 1.29 is 23.4 Å². The molecule has 1 rings (SSSR count). The molecule has 0 saturated heterocycles. The summed E-state index contributed by atoms with van der Waals surface area (Å²) < 4.78 is 30.6. The number of rotatable bonds is 3. The zero-order chi connectivity index (χ0) is 12.3. The largest absolute Gasteiger partial charge is 0.505 e. The van der Waals surface area contributed by atoms with Crippen molar-refractivity contribution in [1.29, 1.82) is 0 Å². The van der Waals surface area contributed by atoms with Crippen LogP contribution in [0, 0.1) is 11.6 Å². The molecule has 3 N–H and O–H groups in total. The van der Waals surface area contributed by atoms with Crippen molar-refractivity contribution in [2.24, 2.45) is 5.73 Å². The van der Waals surface area contributed by atoms with Crippen LogP contribution in [0.5, 0.6) is 5.75 Å². The first-order valence-electron chi connectivity index (χ1n) is 4.46. The molecule has 0 aliphatic carbocycles. The van der Waals surface area contributed by atoms with Gasteiger partial charge in [-0.2, -0.15) is 0 Å². The summed E-state index contributed by atoms with van der Waals surface area (Å²) >= 11 is 0. The Bertz CT molecular complexity index is 409. The van der Waals surface area contributed by atoms with Crippen LogP contribution in [0.2, 0.25) is 0 Å². The van der Waals surface area contributed by atoms with E-state index >= 15 is 0 Å². The lowest BCUT2D eigenvalue weighted by Crippen LogP contribution is -2.18. The van der Waals surface area contributed by atoms with Crippen LogP contribution in [0.3, 0.4) is 0 Å². The zero-order valence-corrected chi connectivity index (χ0v) is 8.54. The molecule has 1 aromatic carbocycles. The molecule has 4 nitrogen and oxygen atoms in total. The van der Waals surface area contributed by atoms with Gasteiger partial charge in [0.25, 0.3) is 0 Å². The standard InChI is InChI=1S/C10H11F2NO3/c1-16-8(14)4-7(13)9-5(11)2-3-6(12)10(9)15/h2-3,7,15H,4,13H2,1H3/t7-/m0/s1. The van der Waals surface area contributed by atoms with Gasteiger partial charge < -0.3 is 15.6 Å². The van der Waals surface area contributed by atoms with Gasteiger partial charge in [0.05, 0.1) is 13.5 Å². The minimum absolute atomic E-state index is 0.343. The van der Waals surface area contributed by atoms with E-state index in [1.54, 1.807) is 0 Å². The molecule has 0 aliphatic heterocycles. The number of phenols is 1. The third-order valence-corrected chi connectivity index (χ3v) is 2.10. The van der Waals surface area contributed by atoms with E-state index in [-0.39, 0.29) is 6.42 Å². The molecule has 0 aromatic heterocycles. The van der Waals surface area contributed by atoms with Gasteiger partial charge in [0, 0.05) is 11.6 Å². The molecule has 0 radical (unpaired) electrons. The molecule has 1 aromatic rings. The van der Waals surface area contributed by atoms with Gasteiger partial charge in [0.2, 0.25) is 0 Å². The average Bonchev–Trinajstić information content (AvgIpc) is 2.24. The lowest BCUT2D eigenvalue weighted by Gasteiger charge is -2.13. The number of aromatic hydroxyl groups is 1. The van der Waals surface area contributed by atoms with Gasteiger partial charge in [-0.3, -0.25) is 4.79 Å².